The molecule has 0 aliphatic carbocycles. The van der Waals surface area contributed by atoms with Gasteiger partial charge in [0, 0.05) is 83.0 Å². The predicted octanol–water partition coefficient (Wildman–Crippen LogP) is 17.3. The van der Waals surface area contributed by atoms with Gasteiger partial charge in [0.25, 0.3) is 0 Å². The molecule has 0 saturated heterocycles. The third-order valence-electron chi connectivity index (χ3n) is 13.2. The molecule has 5 nitrogen and oxygen atoms in total. The highest BCUT2D eigenvalue weighted by Gasteiger charge is 2.20. The molecular weight excluding hydrogens is 797 g/mol. The van der Waals surface area contributed by atoms with Crippen LogP contribution in [0.25, 0.3) is 116 Å². The van der Waals surface area contributed by atoms with Gasteiger partial charge < -0.3 is 22.7 Å². The van der Waals surface area contributed by atoms with Crippen molar-refractivity contribution in [3.8, 4) is 27.9 Å². The van der Waals surface area contributed by atoms with Crippen molar-refractivity contribution in [2.45, 2.75) is 0 Å². The van der Waals surface area contributed by atoms with Gasteiger partial charge in [0.05, 0.1) is 11.0 Å². The van der Waals surface area contributed by atoms with Crippen LogP contribution in [-0.4, -0.2) is 4.57 Å². The summed E-state index contributed by atoms with van der Waals surface area (Å²) in [5.41, 5.74) is 16.0. The second-order valence-electron chi connectivity index (χ2n) is 16.8. The highest BCUT2D eigenvalue weighted by molar-refractivity contribution is 6.13. The molecule has 4 heterocycles. The largest absolute Gasteiger partial charge is 0.456 e. The maximum atomic E-state index is 6.69. The van der Waals surface area contributed by atoms with E-state index in [4.69, 9.17) is 13.3 Å². The van der Waals surface area contributed by atoms with E-state index >= 15 is 0 Å². The third kappa shape index (κ3) is 5.46. The third-order valence-corrected chi connectivity index (χ3v) is 13.2. The molecule has 0 fully saturated rings. The van der Waals surface area contributed by atoms with Crippen LogP contribution in [0.15, 0.2) is 232 Å². The van der Waals surface area contributed by atoms with Crippen LogP contribution in [0.5, 0.6) is 0 Å². The van der Waals surface area contributed by atoms with Crippen LogP contribution >= 0.6 is 0 Å². The zero-order valence-electron chi connectivity index (χ0n) is 34.9. The van der Waals surface area contributed by atoms with Crippen molar-refractivity contribution in [1.82, 2.24) is 4.57 Å². The first-order chi connectivity index (χ1) is 32.2. The summed E-state index contributed by atoms with van der Waals surface area (Å²) in [6.45, 7) is 0. The Morgan fingerprint density at radius 1 is 0.292 bits per heavy atom. The number of nitrogens with zero attached hydrogens (tertiary/aromatic N) is 2. The second kappa shape index (κ2) is 13.9. The Balaban J connectivity index is 0.896. The fourth-order valence-corrected chi connectivity index (χ4v) is 10.2. The first kappa shape index (κ1) is 35.8. The minimum atomic E-state index is 0.822. The lowest BCUT2D eigenvalue weighted by Crippen LogP contribution is -2.09. The molecule has 304 valence electrons. The summed E-state index contributed by atoms with van der Waals surface area (Å²) >= 11 is 0. The summed E-state index contributed by atoms with van der Waals surface area (Å²) in [6, 6.07) is 77.2. The van der Waals surface area contributed by atoms with E-state index < -0.39 is 0 Å². The Kier molecular flexibility index (Phi) is 7.62. The summed E-state index contributed by atoms with van der Waals surface area (Å²) in [4.78, 5) is 2.30. The van der Waals surface area contributed by atoms with Crippen molar-refractivity contribution in [3.05, 3.63) is 218 Å². The van der Waals surface area contributed by atoms with Crippen molar-refractivity contribution in [3.63, 3.8) is 0 Å². The molecule has 0 saturated carbocycles. The maximum Gasteiger partial charge on any atom is 0.143 e. The van der Waals surface area contributed by atoms with E-state index in [1.807, 2.05) is 24.3 Å². The zero-order chi connectivity index (χ0) is 42.6. The standard InChI is InChI=1S/C60H36N2O3/c1-5-19-53-45(11-1)46-12-2-6-20-54(46)62(53)41-32-34-57-52(35-41)49-33-31-42(36-58(49)63-57)61(39-27-23-37(24-28-39)43-15-9-17-50-47-13-3-7-21-55(47)64-59(43)50)40-29-25-38(26-30-40)44-16-10-18-51-48-14-4-8-22-56(48)65-60(44)51/h1-36H. The molecule has 0 bridgehead atoms. The number of hydrogen-bond acceptors (Lipinski definition) is 4. The lowest BCUT2D eigenvalue weighted by Gasteiger charge is -2.26. The quantitative estimate of drug-likeness (QED) is 0.167. The van der Waals surface area contributed by atoms with Gasteiger partial charge in [-0.3, -0.25) is 0 Å². The number of para-hydroxylation sites is 6. The SMILES string of the molecule is c1ccc2c(c1)oc1c(-c3ccc(N(c4ccc(-c5cccc6c5oc5ccccc56)cc4)c4ccc5c(c4)oc4ccc(-n6c7ccccc7c7ccccc76)cc45)cc3)cccc12. The summed E-state index contributed by atoms with van der Waals surface area (Å²) < 4.78 is 21.9. The van der Waals surface area contributed by atoms with E-state index in [2.05, 4.69) is 204 Å². The molecule has 5 heteroatoms. The van der Waals surface area contributed by atoms with Crippen LogP contribution in [0.4, 0.5) is 17.1 Å². The van der Waals surface area contributed by atoms with Crippen molar-refractivity contribution >= 4 is 105 Å². The van der Waals surface area contributed by atoms with Crippen molar-refractivity contribution < 1.29 is 13.3 Å². The average molecular weight is 833 g/mol. The van der Waals surface area contributed by atoms with E-state index in [1.165, 1.54) is 21.8 Å². The Hall–Kier alpha value is -8.80. The summed E-state index contributed by atoms with van der Waals surface area (Å²) in [7, 11) is 0. The van der Waals surface area contributed by atoms with Gasteiger partial charge in [0.1, 0.15) is 33.5 Å². The Morgan fingerprint density at radius 3 is 1.32 bits per heavy atom. The van der Waals surface area contributed by atoms with E-state index in [1.54, 1.807) is 0 Å². The van der Waals surface area contributed by atoms with Crippen LogP contribution in [0.1, 0.15) is 0 Å². The van der Waals surface area contributed by atoms with Crippen molar-refractivity contribution in [2.75, 3.05) is 4.90 Å². The van der Waals surface area contributed by atoms with Crippen LogP contribution in [-0.2, 0) is 0 Å². The van der Waals surface area contributed by atoms with Gasteiger partial charge in [-0.1, -0.05) is 133 Å². The fourth-order valence-electron chi connectivity index (χ4n) is 10.2. The van der Waals surface area contributed by atoms with Gasteiger partial charge in [-0.2, -0.15) is 0 Å². The molecule has 4 aromatic heterocycles. The van der Waals surface area contributed by atoms with Gasteiger partial charge >= 0.3 is 0 Å². The Morgan fingerprint density at radius 2 is 0.754 bits per heavy atom. The first-order valence-electron chi connectivity index (χ1n) is 22.0. The number of rotatable bonds is 6. The highest BCUT2D eigenvalue weighted by atomic mass is 16.3. The number of hydrogen-bond donors (Lipinski definition) is 0. The van der Waals surface area contributed by atoms with Crippen molar-refractivity contribution in [2.24, 2.45) is 0 Å². The molecule has 14 rings (SSSR count). The second-order valence-corrected chi connectivity index (χ2v) is 16.8. The minimum Gasteiger partial charge on any atom is -0.456 e. The minimum absolute atomic E-state index is 0.822. The molecule has 0 N–H and O–H groups in total. The number of furan rings is 3. The molecular formula is C60H36N2O3. The van der Waals surface area contributed by atoms with Gasteiger partial charge in [-0.25, -0.2) is 0 Å². The summed E-state index contributed by atoms with van der Waals surface area (Å²) in [5, 5.41) is 9.09. The van der Waals surface area contributed by atoms with Gasteiger partial charge in [0.2, 0.25) is 0 Å². The smallest absolute Gasteiger partial charge is 0.143 e. The molecule has 14 aromatic rings. The van der Waals surface area contributed by atoms with E-state index in [-0.39, 0.29) is 0 Å². The van der Waals surface area contributed by atoms with Gasteiger partial charge in [0.15, 0.2) is 0 Å². The topological polar surface area (TPSA) is 47.6 Å². The number of anilines is 3. The van der Waals surface area contributed by atoms with E-state index in [0.29, 0.717) is 0 Å². The lowest BCUT2D eigenvalue weighted by molar-refractivity contribution is 0.668. The number of benzene rings is 10. The number of aromatic nitrogens is 1. The van der Waals surface area contributed by atoms with Crippen LogP contribution in [0.2, 0.25) is 0 Å². The number of fused-ring (bicyclic) bond motifs is 12. The first-order valence-corrected chi connectivity index (χ1v) is 22.0. The molecule has 0 atom stereocenters. The Bertz CT molecular complexity index is 3970. The van der Waals surface area contributed by atoms with Crippen LogP contribution in [0.3, 0.4) is 0 Å². The molecule has 0 spiro atoms. The van der Waals surface area contributed by atoms with Gasteiger partial charge in [-0.15, -0.1) is 0 Å². The molecule has 10 aromatic carbocycles. The lowest BCUT2D eigenvalue weighted by atomic mass is 10.0. The van der Waals surface area contributed by atoms with Crippen molar-refractivity contribution in [1.29, 1.82) is 0 Å². The summed E-state index contributed by atoms with van der Waals surface area (Å²) in [6.07, 6.45) is 0. The molecule has 0 aliphatic heterocycles. The molecule has 0 unspecified atom stereocenters. The van der Waals surface area contributed by atoms with Crippen LogP contribution < -0.4 is 4.90 Å². The van der Waals surface area contributed by atoms with E-state index in [9.17, 15) is 0 Å². The Labute approximate surface area is 372 Å². The normalized spacial score (nSPS) is 12.0. The molecule has 65 heavy (non-hydrogen) atoms. The fraction of sp³-hybridized carbons (Fsp3) is 0. The van der Waals surface area contributed by atoms with E-state index in [0.717, 1.165) is 111 Å². The maximum absolute atomic E-state index is 6.69. The van der Waals surface area contributed by atoms with Crippen LogP contribution in [0, 0.1) is 0 Å². The zero-order valence-corrected chi connectivity index (χ0v) is 34.9. The average Bonchev–Trinajstić information content (AvgIpc) is 4.13. The summed E-state index contributed by atoms with van der Waals surface area (Å²) in [5.74, 6) is 0. The van der Waals surface area contributed by atoms with Gasteiger partial charge in [-0.05, 0) is 90.0 Å². The molecule has 0 radical (unpaired) electrons. The molecule has 0 amide bonds. The monoisotopic (exact) mass is 832 g/mol. The highest BCUT2D eigenvalue weighted by Crippen LogP contribution is 2.43. The molecule has 0 aliphatic rings. The predicted molar refractivity (Wildman–Crippen MR) is 268 cm³/mol.